The summed E-state index contributed by atoms with van der Waals surface area (Å²) in [6.45, 7) is 2.08. The van der Waals surface area contributed by atoms with Gasteiger partial charge in [-0.3, -0.25) is 4.98 Å². The third-order valence-corrected chi connectivity index (χ3v) is 4.44. The molecule has 1 heterocycles. The highest BCUT2D eigenvalue weighted by Gasteiger charge is 2.04. The average molecular weight is 309 g/mol. The lowest BCUT2D eigenvalue weighted by molar-refractivity contribution is 1.13. The molecule has 2 N–H and O–H groups in total. The van der Waals surface area contributed by atoms with Gasteiger partial charge >= 0.3 is 0 Å². The topological polar surface area (TPSA) is 38.9 Å². The number of anilines is 1. The molecule has 2 rings (SSSR count). The van der Waals surface area contributed by atoms with Gasteiger partial charge < -0.3 is 5.73 Å². The Morgan fingerprint density at radius 3 is 2.88 bits per heavy atom. The lowest BCUT2D eigenvalue weighted by Crippen LogP contribution is -1.91. The van der Waals surface area contributed by atoms with E-state index in [-0.39, 0.29) is 0 Å². The summed E-state index contributed by atoms with van der Waals surface area (Å²) in [7, 11) is 0. The molecule has 17 heavy (non-hydrogen) atoms. The first kappa shape index (κ1) is 12.5. The molecule has 0 saturated heterocycles. The van der Waals surface area contributed by atoms with Crippen molar-refractivity contribution >= 4 is 33.4 Å². The predicted octanol–water partition coefficient (Wildman–Crippen LogP) is 4.03. The van der Waals surface area contributed by atoms with Gasteiger partial charge in [0.05, 0.1) is 5.69 Å². The molecule has 2 nitrogen and oxygen atoms in total. The Morgan fingerprint density at radius 2 is 2.18 bits per heavy atom. The molecule has 0 saturated carbocycles. The standard InChI is InChI=1S/C13H13BrN2S/c1-9-3-2-6-16-12(9)8-17-13-5-4-10(15)7-11(13)14/h2-7H,8,15H2,1H3. The number of aryl methyl sites for hydroxylation is 1. The van der Waals surface area contributed by atoms with E-state index in [0.29, 0.717) is 0 Å². The van der Waals surface area contributed by atoms with Gasteiger partial charge in [0, 0.05) is 27.0 Å². The van der Waals surface area contributed by atoms with Crippen LogP contribution < -0.4 is 5.73 Å². The Hall–Kier alpha value is -1.00. The van der Waals surface area contributed by atoms with Gasteiger partial charge in [0.15, 0.2) is 0 Å². The highest BCUT2D eigenvalue weighted by Crippen LogP contribution is 2.31. The number of benzene rings is 1. The van der Waals surface area contributed by atoms with Crippen molar-refractivity contribution in [3.05, 3.63) is 52.3 Å². The molecule has 0 bridgehead atoms. The second-order valence-electron chi connectivity index (χ2n) is 3.75. The normalized spacial score (nSPS) is 10.5. The SMILES string of the molecule is Cc1cccnc1CSc1ccc(N)cc1Br. The summed E-state index contributed by atoms with van der Waals surface area (Å²) in [6.07, 6.45) is 1.83. The molecule has 0 aliphatic rings. The molecular formula is C13H13BrN2S. The van der Waals surface area contributed by atoms with E-state index >= 15 is 0 Å². The van der Waals surface area contributed by atoms with E-state index in [1.54, 1.807) is 11.8 Å². The molecule has 0 fully saturated rings. The number of thioether (sulfide) groups is 1. The van der Waals surface area contributed by atoms with Crippen LogP contribution in [0.4, 0.5) is 5.69 Å². The quantitative estimate of drug-likeness (QED) is 0.687. The van der Waals surface area contributed by atoms with Crippen LogP contribution in [-0.4, -0.2) is 4.98 Å². The van der Waals surface area contributed by atoms with Crippen LogP contribution >= 0.6 is 27.7 Å². The zero-order chi connectivity index (χ0) is 12.3. The summed E-state index contributed by atoms with van der Waals surface area (Å²) < 4.78 is 1.04. The smallest absolute Gasteiger partial charge is 0.0535 e. The largest absolute Gasteiger partial charge is 0.399 e. The Kier molecular flexibility index (Phi) is 4.07. The van der Waals surface area contributed by atoms with Gasteiger partial charge in [-0.05, 0) is 52.7 Å². The summed E-state index contributed by atoms with van der Waals surface area (Å²) >= 11 is 5.28. The van der Waals surface area contributed by atoms with Crippen molar-refractivity contribution in [2.75, 3.05) is 5.73 Å². The van der Waals surface area contributed by atoms with Crippen molar-refractivity contribution in [1.82, 2.24) is 4.98 Å². The summed E-state index contributed by atoms with van der Waals surface area (Å²) in [5.41, 5.74) is 8.84. The van der Waals surface area contributed by atoms with E-state index in [1.807, 2.05) is 30.5 Å². The van der Waals surface area contributed by atoms with Crippen LogP contribution in [0.1, 0.15) is 11.3 Å². The molecule has 0 aliphatic carbocycles. The molecule has 0 amide bonds. The average Bonchev–Trinajstić information content (AvgIpc) is 2.30. The monoisotopic (exact) mass is 308 g/mol. The van der Waals surface area contributed by atoms with Crippen molar-refractivity contribution in [3.63, 3.8) is 0 Å². The molecule has 2 aromatic rings. The minimum absolute atomic E-state index is 0.773. The number of halogens is 1. The second kappa shape index (κ2) is 5.56. The van der Waals surface area contributed by atoms with Gasteiger partial charge in [-0.1, -0.05) is 6.07 Å². The van der Waals surface area contributed by atoms with Crippen LogP contribution in [-0.2, 0) is 5.75 Å². The Labute approximate surface area is 114 Å². The van der Waals surface area contributed by atoms with Gasteiger partial charge in [0.25, 0.3) is 0 Å². The molecule has 88 valence electrons. The van der Waals surface area contributed by atoms with Crippen LogP contribution in [0.5, 0.6) is 0 Å². The summed E-state index contributed by atoms with van der Waals surface area (Å²) in [5, 5.41) is 0. The molecule has 0 spiro atoms. The lowest BCUT2D eigenvalue weighted by atomic mass is 10.2. The number of rotatable bonds is 3. The van der Waals surface area contributed by atoms with E-state index in [2.05, 4.69) is 33.9 Å². The maximum absolute atomic E-state index is 5.71. The predicted molar refractivity (Wildman–Crippen MR) is 77.1 cm³/mol. The summed E-state index contributed by atoms with van der Waals surface area (Å²) in [4.78, 5) is 5.56. The number of nitrogens with two attached hydrogens (primary N) is 1. The molecule has 0 unspecified atom stereocenters. The summed E-state index contributed by atoms with van der Waals surface area (Å²) in [6, 6.07) is 9.91. The number of nitrogens with zero attached hydrogens (tertiary/aromatic N) is 1. The first-order valence-corrected chi connectivity index (χ1v) is 7.03. The van der Waals surface area contributed by atoms with E-state index in [4.69, 9.17) is 5.73 Å². The fourth-order valence-corrected chi connectivity index (χ4v) is 3.15. The van der Waals surface area contributed by atoms with Crippen molar-refractivity contribution in [2.45, 2.75) is 17.6 Å². The van der Waals surface area contributed by atoms with Crippen LogP contribution in [0, 0.1) is 6.92 Å². The van der Waals surface area contributed by atoms with Gasteiger partial charge in [-0.15, -0.1) is 11.8 Å². The minimum atomic E-state index is 0.773. The fraction of sp³-hybridized carbons (Fsp3) is 0.154. The molecule has 4 heteroatoms. The third-order valence-electron chi connectivity index (χ3n) is 2.44. The molecule has 1 aromatic heterocycles. The van der Waals surface area contributed by atoms with Gasteiger partial charge in [-0.2, -0.15) is 0 Å². The molecule has 0 aliphatic heterocycles. The first-order valence-electron chi connectivity index (χ1n) is 5.25. The Bertz CT molecular complexity index is 529. The van der Waals surface area contributed by atoms with Gasteiger partial charge in [-0.25, -0.2) is 0 Å². The zero-order valence-corrected chi connectivity index (χ0v) is 11.9. The number of nitrogen functional groups attached to an aromatic ring is 1. The zero-order valence-electron chi connectivity index (χ0n) is 9.48. The number of hydrogen-bond acceptors (Lipinski definition) is 3. The first-order chi connectivity index (χ1) is 8.16. The van der Waals surface area contributed by atoms with E-state index in [1.165, 1.54) is 10.5 Å². The third kappa shape index (κ3) is 3.23. The highest BCUT2D eigenvalue weighted by atomic mass is 79.9. The van der Waals surface area contributed by atoms with Crippen LogP contribution in [0.25, 0.3) is 0 Å². The molecular weight excluding hydrogens is 296 g/mol. The van der Waals surface area contributed by atoms with E-state index in [9.17, 15) is 0 Å². The van der Waals surface area contributed by atoms with Crippen molar-refractivity contribution in [1.29, 1.82) is 0 Å². The Morgan fingerprint density at radius 1 is 1.35 bits per heavy atom. The number of aromatic nitrogens is 1. The fourth-order valence-electron chi connectivity index (χ4n) is 1.45. The lowest BCUT2D eigenvalue weighted by Gasteiger charge is -2.06. The van der Waals surface area contributed by atoms with Gasteiger partial charge in [0.1, 0.15) is 0 Å². The highest BCUT2D eigenvalue weighted by molar-refractivity contribution is 9.10. The van der Waals surface area contributed by atoms with Crippen molar-refractivity contribution < 1.29 is 0 Å². The molecule has 0 radical (unpaired) electrons. The molecule has 1 aromatic carbocycles. The van der Waals surface area contributed by atoms with Gasteiger partial charge in [0.2, 0.25) is 0 Å². The van der Waals surface area contributed by atoms with Crippen LogP contribution in [0.3, 0.4) is 0 Å². The molecule has 0 atom stereocenters. The number of hydrogen-bond donors (Lipinski definition) is 1. The van der Waals surface area contributed by atoms with Crippen molar-refractivity contribution in [2.24, 2.45) is 0 Å². The van der Waals surface area contributed by atoms with E-state index in [0.717, 1.165) is 21.6 Å². The minimum Gasteiger partial charge on any atom is -0.399 e. The maximum Gasteiger partial charge on any atom is 0.0535 e. The number of pyridine rings is 1. The van der Waals surface area contributed by atoms with Crippen LogP contribution in [0.2, 0.25) is 0 Å². The second-order valence-corrected chi connectivity index (χ2v) is 5.62. The maximum atomic E-state index is 5.71. The Balaban J connectivity index is 2.10. The van der Waals surface area contributed by atoms with Crippen LogP contribution in [0.15, 0.2) is 45.9 Å². The van der Waals surface area contributed by atoms with E-state index < -0.39 is 0 Å². The summed E-state index contributed by atoms with van der Waals surface area (Å²) in [5.74, 6) is 0.870. The van der Waals surface area contributed by atoms with Crippen molar-refractivity contribution in [3.8, 4) is 0 Å².